The van der Waals surface area contributed by atoms with Gasteiger partial charge in [-0.05, 0) is 42.5 Å². The summed E-state index contributed by atoms with van der Waals surface area (Å²) in [7, 11) is 0. The van der Waals surface area contributed by atoms with Gasteiger partial charge < -0.3 is 8.98 Å². The number of aromatic nitrogens is 5. The number of para-hydroxylation sites is 3. The van der Waals surface area contributed by atoms with Crippen LogP contribution >= 0.6 is 0 Å². The maximum absolute atomic E-state index is 6.44. The maximum Gasteiger partial charge on any atom is 0.238 e. The minimum atomic E-state index is 0.555. The molecule has 11 rings (SSSR count). The van der Waals surface area contributed by atoms with Gasteiger partial charge in [-0.25, -0.2) is 4.98 Å². The van der Waals surface area contributed by atoms with E-state index in [1.807, 2.05) is 72.8 Å². The number of fused-ring (bicyclic) bond motifs is 11. The highest BCUT2D eigenvalue weighted by molar-refractivity contribution is 6.32. The van der Waals surface area contributed by atoms with Crippen LogP contribution < -0.4 is 0 Å². The van der Waals surface area contributed by atoms with E-state index in [2.05, 4.69) is 100 Å². The number of nitrogens with zero attached hydrogens (tertiary/aromatic N) is 5. The van der Waals surface area contributed by atoms with E-state index in [-0.39, 0.29) is 0 Å². The van der Waals surface area contributed by atoms with E-state index in [1.54, 1.807) is 0 Å². The van der Waals surface area contributed by atoms with Crippen LogP contribution in [0.3, 0.4) is 0 Å². The Hall–Kier alpha value is -7.05. The molecule has 0 unspecified atom stereocenters. The molecule has 4 heterocycles. The molecule has 0 N–H and O–H groups in total. The smallest absolute Gasteiger partial charge is 0.238 e. The molecule has 4 aromatic heterocycles. The Kier molecular flexibility index (Phi) is 5.86. The van der Waals surface area contributed by atoms with Crippen molar-refractivity contribution in [1.82, 2.24) is 24.1 Å². The SMILES string of the molecule is c1ccc(-c2nc(-c3ccccc3)nc(-n3c4ccc5oc6ccccc6c5c4c4ccc5c(c6ccccc6n5-c5ccccc5)c43)n2)cc1. The molecule has 11 aromatic rings. The van der Waals surface area contributed by atoms with E-state index >= 15 is 0 Å². The summed E-state index contributed by atoms with van der Waals surface area (Å²) in [6, 6.07) is 56.5. The van der Waals surface area contributed by atoms with E-state index in [9.17, 15) is 0 Å². The normalized spacial score (nSPS) is 11.9. The molecular formula is C45H27N5O. The second kappa shape index (κ2) is 10.7. The number of rotatable bonds is 4. The first-order valence-corrected chi connectivity index (χ1v) is 17.0. The van der Waals surface area contributed by atoms with Gasteiger partial charge in [0.05, 0.1) is 22.1 Å². The van der Waals surface area contributed by atoms with Gasteiger partial charge >= 0.3 is 0 Å². The van der Waals surface area contributed by atoms with E-state index in [1.165, 1.54) is 0 Å². The summed E-state index contributed by atoms with van der Waals surface area (Å²) >= 11 is 0. The lowest BCUT2D eigenvalue weighted by Crippen LogP contribution is -2.06. The van der Waals surface area contributed by atoms with Crippen molar-refractivity contribution in [3.05, 3.63) is 164 Å². The Bertz CT molecular complexity index is 3060. The summed E-state index contributed by atoms with van der Waals surface area (Å²) in [4.78, 5) is 15.6. The van der Waals surface area contributed by atoms with Crippen molar-refractivity contribution >= 4 is 65.6 Å². The first kappa shape index (κ1) is 27.9. The van der Waals surface area contributed by atoms with Gasteiger partial charge in [0, 0.05) is 49.1 Å². The minimum absolute atomic E-state index is 0.555. The zero-order valence-electron chi connectivity index (χ0n) is 27.2. The third kappa shape index (κ3) is 4.07. The molecular weight excluding hydrogens is 627 g/mol. The van der Waals surface area contributed by atoms with Crippen LogP contribution in [-0.4, -0.2) is 24.1 Å². The van der Waals surface area contributed by atoms with Crippen molar-refractivity contribution in [2.45, 2.75) is 0 Å². The summed E-state index contributed by atoms with van der Waals surface area (Å²) in [6.07, 6.45) is 0. The van der Waals surface area contributed by atoms with Crippen molar-refractivity contribution in [3.63, 3.8) is 0 Å². The van der Waals surface area contributed by atoms with E-state index < -0.39 is 0 Å². The minimum Gasteiger partial charge on any atom is -0.456 e. The molecule has 0 bridgehead atoms. The van der Waals surface area contributed by atoms with Crippen LogP contribution in [0, 0.1) is 0 Å². The zero-order chi connectivity index (χ0) is 33.5. The molecule has 238 valence electrons. The number of furan rings is 1. The molecule has 0 radical (unpaired) electrons. The van der Waals surface area contributed by atoms with Crippen LogP contribution in [0.15, 0.2) is 168 Å². The molecule has 0 aliphatic heterocycles. The summed E-state index contributed by atoms with van der Waals surface area (Å²) < 4.78 is 11.0. The first-order chi connectivity index (χ1) is 25.3. The predicted molar refractivity (Wildman–Crippen MR) is 207 cm³/mol. The van der Waals surface area contributed by atoms with Crippen molar-refractivity contribution in [2.75, 3.05) is 0 Å². The molecule has 51 heavy (non-hydrogen) atoms. The fourth-order valence-electron chi connectivity index (χ4n) is 7.82. The third-order valence-corrected chi connectivity index (χ3v) is 9.97. The van der Waals surface area contributed by atoms with Crippen LogP contribution in [0.25, 0.3) is 100.0 Å². The van der Waals surface area contributed by atoms with Gasteiger partial charge in [-0.3, -0.25) is 4.57 Å². The lowest BCUT2D eigenvalue weighted by molar-refractivity contribution is 0.669. The first-order valence-electron chi connectivity index (χ1n) is 17.0. The number of hydrogen-bond acceptors (Lipinski definition) is 4. The van der Waals surface area contributed by atoms with Gasteiger partial charge in [-0.2, -0.15) is 9.97 Å². The van der Waals surface area contributed by atoms with Crippen LogP contribution in [0.2, 0.25) is 0 Å². The highest BCUT2D eigenvalue weighted by Gasteiger charge is 2.25. The number of benzene rings is 7. The topological polar surface area (TPSA) is 61.7 Å². The zero-order valence-corrected chi connectivity index (χ0v) is 27.2. The summed E-state index contributed by atoms with van der Waals surface area (Å²) in [5, 5.41) is 6.66. The van der Waals surface area contributed by atoms with Gasteiger partial charge in [0.15, 0.2) is 11.6 Å². The van der Waals surface area contributed by atoms with Crippen LogP contribution in [0.5, 0.6) is 0 Å². The van der Waals surface area contributed by atoms with Gasteiger partial charge in [0.1, 0.15) is 11.2 Å². The Morgan fingerprint density at radius 3 is 1.69 bits per heavy atom. The molecule has 0 spiro atoms. The molecule has 0 fully saturated rings. The average Bonchev–Trinajstić information content (AvgIpc) is 3.86. The Labute approximate surface area is 291 Å². The molecule has 0 amide bonds. The van der Waals surface area contributed by atoms with Crippen molar-refractivity contribution < 1.29 is 4.42 Å². The fraction of sp³-hybridized carbons (Fsp3) is 0. The highest BCUT2D eigenvalue weighted by atomic mass is 16.3. The average molecular weight is 654 g/mol. The lowest BCUT2D eigenvalue weighted by Gasteiger charge is -2.12. The highest BCUT2D eigenvalue weighted by Crippen LogP contribution is 2.45. The second-order valence-corrected chi connectivity index (χ2v) is 12.8. The molecule has 0 atom stereocenters. The van der Waals surface area contributed by atoms with Gasteiger partial charge in [-0.15, -0.1) is 0 Å². The van der Waals surface area contributed by atoms with Crippen LogP contribution in [-0.2, 0) is 0 Å². The third-order valence-electron chi connectivity index (χ3n) is 9.97. The molecule has 0 aliphatic rings. The standard InChI is InChI=1S/C45H27N5O/c1-4-14-28(15-5-1)43-46-44(29-16-6-2-7-17-29)48-45(47-43)50-35-26-27-38-41(32-21-11-13-23-37(32)51-38)39(35)33-24-25-36-40(42(33)50)31-20-10-12-22-34(31)49(36)30-18-8-3-9-19-30/h1-27H. The Morgan fingerprint density at radius 2 is 0.961 bits per heavy atom. The Morgan fingerprint density at radius 1 is 0.373 bits per heavy atom. The van der Waals surface area contributed by atoms with E-state index in [0.717, 1.165) is 82.4 Å². The van der Waals surface area contributed by atoms with Crippen molar-refractivity contribution in [1.29, 1.82) is 0 Å². The molecule has 6 heteroatoms. The lowest BCUT2D eigenvalue weighted by atomic mass is 10.0. The molecule has 0 aliphatic carbocycles. The van der Waals surface area contributed by atoms with Gasteiger partial charge in [0.2, 0.25) is 5.95 Å². The molecule has 6 nitrogen and oxygen atoms in total. The molecule has 0 saturated heterocycles. The predicted octanol–water partition coefficient (Wildman–Crippen LogP) is 11.3. The Balaban J connectivity index is 1.37. The van der Waals surface area contributed by atoms with Gasteiger partial charge in [-0.1, -0.05) is 121 Å². The van der Waals surface area contributed by atoms with Crippen molar-refractivity contribution in [3.8, 4) is 34.4 Å². The monoisotopic (exact) mass is 653 g/mol. The van der Waals surface area contributed by atoms with E-state index in [0.29, 0.717) is 17.6 Å². The molecule has 7 aromatic carbocycles. The van der Waals surface area contributed by atoms with Crippen LogP contribution in [0.1, 0.15) is 0 Å². The maximum atomic E-state index is 6.44. The summed E-state index contributed by atoms with van der Waals surface area (Å²) in [6.45, 7) is 0. The molecule has 0 saturated carbocycles. The second-order valence-electron chi connectivity index (χ2n) is 12.8. The fourth-order valence-corrected chi connectivity index (χ4v) is 7.82. The van der Waals surface area contributed by atoms with E-state index in [4.69, 9.17) is 19.4 Å². The largest absolute Gasteiger partial charge is 0.456 e. The quantitative estimate of drug-likeness (QED) is 0.190. The summed E-state index contributed by atoms with van der Waals surface area (Å²) in [5.74, 6) is 1.78. The van der Waals surface area contributed by atoms with Gasteiger partial charge in [0.25, 0.3) is 0 Å². The van der Waals surface area contributed by atoms with Crippen LogP contribution in [0.4, 0.5) is 0 Å². The van der Waals surface area contributed by atoms with Crippen molar-refractivity contribution in [2.24, 2.45) is 0 Å². The number of hydrogen-bond donors (Lipinski definition) is 0. The summed E-state index contributed by atoms with van der Waals surface area (Å²) in [5.41, 5.74) is 8.93.